The van der Waals surface area contributed by atoms with E-state index >= 15 is 0 Å². The molecule has 0 radical (unpaired) electrons. The van der Waals surface area contributed by atoms with Crippen molar-refractivity contribution < 1.29 is 9.84 Å². The summed E-state index contributed by atoms with van der Waals surface area (Å²) in [5, 5.41) is 27.5. The lowest BCUT2D eigenvalue weighted by Gasteiger charge is -2.56. The van der Waals surface area contributed by atoms with Crippen molar-refractivity contribution in [3.05, 3.63) is 52.5 Å². The summed E-state index contributed by atoms with van der Waals surface area (Å²) >= 11 is 0. The summed E-state index contributed by atoms with van der Waals surface area (Å²) in [6.45, 7) is 0. The number of aromatic hydroxyl groups is 1. The van der Waals surface area contributed by atoms with Gasteiger partial charge in [0.1, 0.15) is 17.4 Å². The number of ether oxygens (including phenoxy) is 1. The zero-order valence-electron chi connectivity index (χ0n) is 16.2. The molecule has 2 heterocycles. The van der Waals surface area contributed by atoms with E-state index < -0.39 is 0 Å². The lowest BCUT2D eigenvalue weighted by atomic mass is 9.48. The molecule has 4 bridgehead atoms. The number of H-pyrrole nitrogens is 1. The van der Waals surface area contributed by atoms with Gasteiger partial charge in [-0.25, -0.2) is 0 Å². The molecule has 148 valence electrons. The van der Waals surface area contributed by atoms with Crippen LogP contribution in [0.3, 0.4) is 0 Å². The molecule has 0 spiro atoms. The van der Waals surface area contributed by atoms with Crippen molar-refractivity contribution in [2.75, 3.05) is 0 Å². The molecule has 1 aromatic heterocycles. The van der Waals surface area contributed by atoms with Crippen LogP contribution in [-0.4, -0.2) is 15.3 Å². The van der Waals surface area contributed by atoms with E-state index in [1.807, 2.05) is 12.1 Å². The summed E-state index contributed by atoms with van der Waals surface area (Å²) in [7, 11) is 0. The fourth-order valence-electron chi connectivity index (χ4n) is 7.07. The summed E-state index contributed by atoms with van der Waals surface area (Å²) in [6.07, 6.45) is 7.67. The van der Waals surface area contributed by atoms with E-state index in [1.54, 1.807) is 12.1 Å². The molecular formula is C23H24N4O2. The number of allylic oxidation sites excluding steroid dienone is 1. The van der Waals surface area contributed by atoms with Gasteiger partial charge >= 0.3 is 0 Å². The summed E-state index contributed by atoms with van der Waals surface area (Å²) in [5.74, 6) is 2.87. The highest BCUT2D eigenvalue weighted by Gasteiger charge is 2.54. The molecule has 4 aliphatic carbocycles. The van der Waals surface area contributed by atoms with Gasteiger partial charge in [0.05, 0.1) is 11.5 Å². The zero-order valence-corrected chi connectivity index (χ0v) is 16.2. The average Bonchev–Trinajstić information content (AvgIpc) is 3.11. The van der Waals surface area contributed by atoms with Crippen molar-refractivity contribution in [1.82, 2.24) is 10.2 Å². The molecule has 29 heavy (non-hydrogen) atoms. The van der Waals surface area contributed by atoms with Crippen molar-refractivity contribution in [3.63, 3.8) is 0 Å². The number of benzene rings is 1. The van der Waals surface area contributed by atoms with Crippen molar-refractivity contribution in [1.29, 1.82) is 5.26 Å². The van der Waals surface area contributed by atoms with E-state index in [2.05, 4.69) is 16.3 Å². The summed E-state index contributed by atoms with van der Waals surface area (Å²) < 4.78 is 5.80. The molecule has 1 aliphatic heterocycles. The SMILES string of the molecule is N#CC1=C(N)Oc2n[nH]c(C34CC5CC(CC(C5)C3)C4)c2C1c1ccc(O)cc1. The van der Waals surface area contributed by atoms with Crippen molar-refractivity contribution in [2.24, 2.45) is 23.5 Å². The number of hydrogen-bond acceptors (Lipinski definition) is 5. The third-order valence-electron chi connectivity index (χ3n) is 7.73. The molecule has 2 aromatic rings. The first-order valence-corrected chi connectivity index (χ1v) is 10.5. The number of nitrogens with two attached hydrogens (primary N) is 1. The maximum Gasteiger partial charge on any atom is 0.244 e. The molecular weight excluding hydrogens is 364 g/mol. The van der Waals surface area contributed by atoms with E-state index in [4.69, 9.17) is 10.5 Å². The van der Waals surface area contributed by atoms with E-state index in [0.717, 1.165) is 34.6 Å². The molecule has 4 fully saturated rings. The predicted molar refractivity (Wildman–Crippen MR) is 106 cm³/mol. The van der Waals surface area contributed by atoms with E-state index in [9.17, 15) is 10.4 Å². The first kappa shape index (κ1) is 17.0. The minimum atomic E-state index is -0.328. The molecule has 4 saturated carbocycles. The van der Waals surface area contributed by atoms with Gasteiger partial charge in [-0.1, -0.05) is 12.1 Å². The van der Waals surface area contributed by atoms with E-state index in [1.165, 1.54) is 38.5 Å². The molecule has 6 heteroatoms. The fraction of sp³-hybridized carbons (Fsp3) is 0.478. The fourth-order valence-corrected chi connectivity index (χ4v) is 7.07. The monoisotopic (exact) mass is 388 g/mol. The minimum Gasteiger partial charge on any atom is -0.508 e. The number of nitrogens with zero attached hydrogens (tertiary/aromatic N) is 2. The Balaban J connectivity index is 1.53. The second kappa shape index (κ2) is 5.79. The number of aromatic amines is 1. The van der Waals surface area contributed by atoms with Crippen LogP contribution in [0.1, 0.15) is 61.3 Å². The lowest BCUT2D eigenvalue weighted by molar-refractivity contribution is -0.00768. The standard InChI is InChI=1S/C23H24N4O2/c24-11-17-18(15-1-3-16(28)4-2-15)19-20(26-27-22(19)29-21(17)25)23-8-12-5-13(9-23)7-14(6-12)10-23/h1-4,12-14,18,28H,5-10,25H2,(H,26,27). The first-order valence-electron chi connectivity index (χ1n) is 10.5. The van der Waals surface area contributed by atoms with Gasteiger partial charge in [-0.3, -0.25) is 5.10 Å². The van der Waals surface area contributed by atoms with Gasteiger partial charge in [0, 0.05) is 11.1 Å². The van der Waals surface area contributed by atoms with Crippen molar-refractivity contribution in [2.45, 2.75) is 49.9 Å². The third-order valence-corrected chi connectivity index (χ3v) is 7.73. The van der Waals surface area contributed by atoms with Crippen LogP contribution in [0.4, 0.5) is 0 Å². The Labute approximate surface area is 169 Å². The Hall–Kier alpha value is -2.94. The molecule has 7 rings (SSSR count). The summed E-state index contributed by atoms with van der Waals surface area (Å²) in [4.78, 5) is 0. The van der Waals surface area contributed by atoms with Gasteiger partial charge in [0.15, 0.2) is 0 Å². The highest BCUT2D eigenvalue weighted by Crippen LogP contribution is 2.62. The molecule has 0 saturated heterocycles. The number of fused-ring (bicyclic) bond motifs is 1. The van der Waals surface area contributed by atoms with Gasteiger partial charge in [-0.05, 0) is 74.0 Å². The van der Waals surface area contributed by atoms with Gasteiger partial charge in [0.2, 0.25) is 11.8 Å². The largest absolute Gasteiger partial charge is 0.508 e. The molecule has 6 nitrogen and oxygen atoms in total. The van der Waals surface area contributed by atoms with E-state index in [0.29, 0.717) is 11.5 Å². The topological polar surface area (TPSA) is 108 Å². The van der Waals surface area contributed by atoms with Crippen LogP contribution in [0.2, 0.25) is 0 Å². The summed E-state index contributed by atoms with van der Waals surface area (Å²) in [6, 6.07) is 9.29. The Morgan fingerprint density at radius 1 is 1.10 bits per heavy atom. The maximum absolute atomic E-state index is 9.89. The summed E-state index contributed by atoms with van der Waals surface area (Å²) in [5.41, 5.74) is 9.64. The van der Waals surface area contributed by atoms with Crippen LogP contribution in [0, 0.1) is 29.1 Å². The Morgan fingerprint density at radius 3 is 2.31 bits per heavy atom. The molecule has 5 aliphatic rings. The predicted octanol–water partition coefficient (Wildman–Crippen LogP) is 3.80. The van der Waals surface area contributed by atoms with Gasteiger partial charge < -0.3 is 15.6 Å². The van der Waals surface area contributed by atoms with Crippen LogP contribution in [-0.2, 0) is 5.41 Å². The molecule has 1 aromatic carbocycles. The minimum absolute atomic E-state index is 0.0977. The Kier molecular flexibility index (Phi) is 3.39. The number of phenols is 1. The van der Waals surface area contributed by atoms with Gasteiger partial charge in [0.25, 0.3) is 0 Å². The van der Waals surface area contributed by atoms with Crippen molar-refractivity contribution >= 4 is 0 Å². The number of rotatable bonds is 2. The number of hydrogen-bond donors (Lipinski definition) is 3. The quantitative estimate of drug-likeness (QED) is 0.725. The Bertz CT molecular complexity index is 1020. The Morgan fingerprint density at radius 2 is 1.72 bits per heavy atom. The molecule has 0 amide bonds. The average molecular weight is 388 g/mol. The second-order valence-electron chi connectivity index (χ2n) is 9.53. The van der Waals surface area contributed by atoms with Gasteiger partial charge in [-0.15, -0.1) is 5.10 Å². The third kappa shape index (κ3) is 2.37. The van der Waals surface area contributed by atoms with E-state index in [-0.39, 0.29) is 23.0 Å². The number of nitrogens with one attached hydrogen (secondary N) is 1. The number of phenolic OH excluding ortho intramolecular Hbond substituents is 1. The molecule has 4 N–H and O–H groups in total. The van der Waals surface area contributed by atoms with Crippen LogP contribution < -0.4 is 10.5 Å². The maximum atomic E-state index is 9.89. The highest BCUT2D eigenvalue weighted by atomic mass is 16.5. The second-order valence-corrected chi connectivity index (χ2v) is 9.53. The van der Waals surface area contributed by atoms with Crippen LogP contribution in [0.5, 0.6) is 11.6 Å². The molecule has 1 atom stereocenters. The lowest BCUT2D eigenvalue weighted by Crippen LogP contribution is -2.49. The molecule has 1 unspecified atom stereocenters. The number of nitriles is 1. The van der Waals surface area contributed by atoms with Gasteiger partial charge in [-0.2, -0.15) is 5.26 Å². The van der Waals surface area contributed by atoms with Crippen LogP contribution in [0.25, 0.3) is 0 Å². The zero-order chi connectivity index (χ0) is 19.8. The van der Waals surface area contributed by atoms with Crippen LogP contribution >= 0.6 is 0 Å². The van der Waals surface area contributed by atoms with Crippen molar-refractivity contribution in [3.8, 4) is 17.7 Å². The number of aromatic nitrogens is 2. The normalized spacial score (nSPS) is 34.6. The first-order chi connectivity index (χ1) is 14.1. The smallest absolute Gasteiger partial charge is 0.244 e. The van der Waals surface area contributed by atoms with Crippen LogP contribution in [0.15, 0.2) is 35.7 Å². The highest BCUT2D eigenvalue weighted by molar-refractivity contribution is 5.57.